The van der Waals surface area contributed by atoms with Crippen molar-refractivity contribution in [1.82, 2.24) is 19.5 Å². The fourth-order valence-electron chi connectivity index (χ4n) is 9.26. The molecule has 4 heteroatoms. The molecular formula is C57H38N4. The molecule has 0 bridgehead atoms. The zero-order valence-electron chi connectivity index (χ0n) is 33.3. The van der Waals surface area contributed by atoms with Crippen molar-refractivity contribution in [2.45, 2.75) is 12.8 Å². The third-order valence-corrected chi connectivity index (χ3v) is 12.3. The van der Waals surface area contributed by atoms with Gasteiger partial charge in [-0.05, 0) is 104 Å². The second-order valence-corrected chi connectivity index (χ2v) is 15.9. The molecule has 12 rings (SSSR count). The molecule has 9 aromatic carbocycles. The highest BCUT2D eigenvalue weighted by atomic mass is 15.0. The van der Waals surface area contributed by atoms with E-state index >= 15 is 0 Å². The molecule has 4 nitrogen and oxygen atoms in total. The molecule has 0 aliphatic heterocycles. The summed E-state index contributed by atoms with van der Waals surface area (Å²) in [6.07, 6.45) is 6.81. The first kappa shape index (κ1) is 35.0. The van der Waals surface area contributed by atoms with Crippen molar-refractivity contribution in [2.75, 3.05) is 0 Å². The van der Waals surface area contributed by atoms with Crippen molar-refractivity contribution >= 4 is 49.4 Å². The smallest absolute Gasteiger partial charge is 0.164 e. The van der Waals surface area contributed by atoms with Crippen LogP contribution in [0.3, 0.4) is 0 Å². The Morgan fingerprint density at radius 1 is 0.377 bits per heavy atom. The van der Waals surface area contributed by atoms with E-state index in [1.807, 2.05) is 6.07 Å². The Labute approximate surface area is 353 Å². The van der Waals surface area contributed by atoms with E-state index in [0.29, 0.717) is 17.5 Å². The third-order valence-electron chi connectivity index (χ3n) is 12.3. The molecule has 1 aliphatic carbocycles. The zero-order chi connectivity index (χ0) is 40.3. The number of aryl methyl sites for hydroxylation is 1. The standard InChI is InChI=1S/C57H38N4/c1-2-12-37(13-3-1)39-24-27-42(28-25-39)55-58-56(60-57(59-55)47-29-26-38-14-4-5-17-43(38)34-47)46-20-10-18-44(35-46)45-19-11-21-48(36-45)61-51-32-30-40-15-6-8-22-49(40)53(51)54-50-23-9-7-16-41(50)31-33-52(54)61/h1-6,8-15,17-36H,7,16H2. The molecule has 0 radical (unpaired) electrons. The van der Waals surface area contributed by atoms with Crippen molar-refractivity contribution in [3.8, 4) is 62.1 Å². The van der Waals surface area contributed by atoms with E-state index in [9.17, 15) is 0 Å². The number of hydrogen-bond acceptors (Lipinski definition) is 3. The molecule has 0 N–H and O–H groups in total. The number of fused-ring (bicyclic) bond motifs is 8. The number of rotatable bonds is 6. The molecule has 0 unspecified atom stereocenters. The van der Waals surface area contributed by atoms with Crippen LogP contribution in [0.15, 0.2) is 200 Å². The molecule has 286 valence electrons. The van der Waals surface area contributed by atoms with E-state index < -0.39 is 0 Å². The number of hydrogen-bond donors (Lipinski definition) is 0. The van der Waals surface area contributed by atoms with E-state index in [2.05, 4.69) is 205 Å². The van der Waals surface area contributed by atoms with Crippen molar-refractivity contribution in [3.05, 3.63) is 211 Å². The molecule has 0 atom stereocenters. The van der Waals surface area contributed by atoms with Crippen LogP contribution in [0.25, 0.3) is 112 Å². The van der Waals surface area contributed by atoms with Gasteiger partial charge in [0.25, 0.3) is 0 Å². The largest absolute Gasteiger partial charge is 0.309 e. The van der Waals surface area contributed by atoms with Crippen molar-refractivity contribution < 1.29 is 0 Å². The maximum atomic E-state index is 5.16. The van der Waals surface area contributed by atoms with Gasteiger partial charge in [0.2, 0.25) is 0 Å². The van der Waals surface area contributed by atoms with Crippen LogP contribution >= 0.6 is 0 Å². The highest BCUT2D eigenvalue weighted by molar-refractivity contribution is 6.23. The second kappa shape index (κ2) is 14.4. The van der Waals surface area contributed by atoms with E-state index in [-0.39, 0.29) is 0 Å². The van der Waals surface area contributed by atoms with Crippen LogP contribution in [0.1, 0.15) is 17.5 Å². The lowest BCUT2D eigenvalue weighted by Crippen LogP contribution is -2.00. The van der Waals surface area contributed by atoms with E-state index in [1.165, 1.54) is 54.7 Å². The first-order chi connectivity index (χ1) is 30.2. The average molecular weight is 779 g/mol. The summed E-state index contributed by atoms with van der Waals surface area (Å²) in [7, 11) is 0. The molecule has 2 aromatic heterocycles. The first-order valence-corrected chi connectivity index (χ1v) is 21.0. The topological polar surface area (TPSA) is 43.6 Å². The SMILES string of the molecule is C1=Cc2c(ccc3c2c2c4ccccc4ccc2n3-c2cccc(-c3cccc(-c4nc(-c5ccc(-c6ccccc6)cc5)nc(-c5ccc6ccccc6c5)n4)c3)c2)CC1. The predicted octanol–water partition coefficient (Wildman–Crippen LogP) is 14.6. The minimum Gasteiger partial charge on any atom is -0.309 e. The summed E-state index contributed by atoms with van der Waals surface area (Å²) in [4.78, 5) is 15.4. The number of aromatic nitrogens is 4. The molecule has 1 aliphatic rings. The lowest BCUT2D eigenvalue weighted by Gasteiger charge is -2.14. The number of allylic oxidation sites excluding steroid dienone is 1. The van der Waals surface area contributed by atoms with Gasteiger partial charge in [-0.2, -0.15) is 0 Å². The minimum atomic E-state index is 0.630. The van der Waals surface area contributed by atoms with Crippen LogP contribution in [0.5, 0.6) is 0 Å². The van der Waals surface area contributed by atoms with Crippen LogP contribution in [0, 0.1) is 0 Å². The van der Waals surface area contributed by atoms with Gasteiger partial charge in [0.1, 0.15) is 0 Å². The van der Waals surface area contributed by atoms with Crippen LogP contribution in [0.2, 0.25) is 0 Å². The second-order valence-electron chi connectivity index (χ2n) is 15.9. The predicted molar refractivity (Wildman–Crippen MR) is 254 cm³/mol. The highest BCUT2D eigenvalue weighted by Gasteiger charge is 2.20. The molecule has 0 saturated heterocycles. The first-order valence-electron chi connectivity index (χ1n) is 21.0. The molecule has 0 spiro atoms. The third kappa shape index (κ3) is 6.11. The van der Waals surface area contributed by atoms with Crippen molar-refractivity contribution in [3.63, 3.8) is 0 Å². The summed E-state index contributed by atoms with van der Waals surface area (Å²) in [5.74, 6) is 1.91. The maximum absolute atomic E-state index is 5.16. The molecule has 61 heavy (non-hydrogen) atoms. The van der Waals surface area contributed by atoms with Gasteiger partial charge in [0.15, 0.2) is 17.5 Å². The van der Waals surface area contributed by atoms with E-state index in [1.54, 1.807) is 0 Å². The van der Waals surface area contributed by atoms with Gasteiger partial charge in [-0.15, -0.1) is 0 Å². The van der Waals surface area contributed by atoms with Gasteiger partial charge in [-0.3, -0.25) is 0 Å². The molecule has 0 saturated carbocycles. The molecule has 11 aromatic rings. The lowest BCUT2D eigenvalue weighted by atomic mass is 9.92. The Balaban J connectivity index is 0.987. The summed E-state index contributed by atoms with van der Waals surface area (Å²) < 4.78 is 2.45. The Morgan fingerprint density at radius 2 is 0.951 bits per heavy atom. The minimum absolute atomic E-state index is 0.630. The molecular weight excluding hydrogens is 741 g/mol. The molecule has 2 heterocycles. The van der Waals surface area contributed by atoms with E-state index in [0.717, 1.165) is 57.3 Å². The van der Waals surface area contributed by atoms with Crippen LogP contribution in [-0.2, 0) is 6.42 Å². The zero-order valence-corrected chi connectivity index (χ0v) is 33.3. The van der Waals surface area contributed by atoms with Gasteiger partial charge in [-0.1, -0.05) is 170 Å². The lowest BCUT2D eigenvalue weighted by molar-refractivity contribution is 0.989. The quantitative estimate of drug-likeness (QED) is 0.169. The van der Waals surface area contributed by atoms with Crippen LogP contribution < -0.4 is 0 Å². The average Bonchev–Trinajstić information content (AvgIpc) is 3.70. The normalized spacial score (nSPS) is 12.4. The summed E-state index contributed by atoms with van der Waals surface area (Å²) >= 11 is 0. The maximum Gasteiger partial charge on any atom is 0.164 e. The van der Waals surface area contributed by atoms with Gasteiger partial charge < -0.3 is 4.57 Å². The van der Waals surface area contributed by atoms with Crippen LogP contribution in [0.4, 0.5) is 0 Å². The van der Waals surface area contributed by atoms with Crippen molar-refractivity contribution in [1.29, 1.82) is 0 Å². The van der Waals surface area contributed by atoms with E-state index in [4.69, 9.17) is 15.0 Å². The summed E-state index contributed by atoms with van der Waals surface area (Å²) in [6.45, 7) is 0. The fourth-order valence-corrected chi connectivity index (χ4v) is 9.26. The Kier molecular flexibility index (Phi) is 8.27. The van der Waals surface area contributed by atoms with Crippen molar-refractivity contribution in [2.24, 2.45) is 0 Å². The van der Waals surface area contributed by atoms with Gasteiger partial charge >= 0.3 is 0 Å². The Bertz CT molecular complexity index is 3520. The van der Waals surface area contributed by atoms with Crippen LogP contribution in [-0.4, -0.2) is 19.5 Å². The number of nitrogens with zero attached hydrogens (tertiary/aromatic N) is 4. The summed E-state index contributed by atoms with van der Waals surface area (Å²) in [6, 6.07) is 69.3. The van der Waals surface area contributed by atoms with Gasteiger partial charge in [0, 0.05) is 33.2 Å². The van der Waals surface area contributed by atoms with Gasteiger partial charge in [0.05, 0.1) is 11.0 Å². The summed E-state index contributed by atoms with van der Waals surface area (Å²) in [5.41, 5.74) is 13.7. The Hall–Kier alpha value is -7.95. The number of benzene rings is 9. The Morgan fingerprint density at radius 3 is 1.79 bits per heavy atom. The fraction of sp³-hybridized carbons (Fsp3) is 0.0351. The van der Waals surface area contributed by atoms with Gasteiger partial charge in [-0.25, -0.2) is 15.0 Å². The molecule has 0 amide bonds. The molecule has 0 fully saturated rings. The summed E-state index contributed by atoms with van der Waals surface area (Å²) in [5, 5.41) is 7.50. The highest BCUT2D eigenvalue weighted by Crippen LogP contribution is 2.42. The monoisotopic (exact) mass is 778 g/mol.